The molecule has 1 nitrogen and oxygen atoms in total. The van der Waals surface area contributed by atoms with Gasteiger partial charge in [0.2, 0.25) is 0 Å². The van der Waals surface area contributed by atoms with Crippen molar-refractivity contribution in [2.24, 2.45) is 0 Å². The van der Waals surface area contributed by atoms with Crippen LogP contribution < -0.4 is 0 Å². The van der Waals surface area contributed by atoms with Gasteiger partial charge in [-0.05, 0) is 6.42 Å². The Bertz CT molecular complexity index is 10.9. The van der Waals surface area contributed by atoms with Crippen molar-refractivity contribution in [2.75, 3.05) is 0 Å². The molecule has 0 aromatic heterocycles. The molecule has 0 atom stereocenters. The Kier molecular flexibility index (Phi) is 38.4. The first-order valence-electron chi connectivity index (χ1n) is 1.39. The number of hydrogen-bond acceptors (Lipinski definition) is 1. The summed E-state index contributed by atoms with van der Waals surface area (Å²) in [4.78, 5) is 0. The third kappa shape index (κ3) is 50.6. The van der Waals surface area contributed by atoms with Gasteiger partial charge in [0, 0.05) is 0 Å². The molecule has 0 fully saturated rings. The quantitative estimate of drug-likeness (QED) is 0.502. The van der Waals surface area contributed by atoms with Gasteiger partial charge < -0.3 is 0 Å². The van der Waals surface area contributed by atoms with Crippen molar-refractivity contribution in [3.8, 4) is 0 Å². The fourth-order valence-corrected chi connectivity index (χ4v) is 0. The molecule has 1 radical (unpaired) electrons. The molecule has 0 saturated heterocycles. The minimum atomic E-state index is 0.100. The van der Waals surface area contributed by atoms with Gasteiger partial charge in [0.25, 0.3) is 0 Å². The van der Waals surface area contributed by atoms with E-state index < -0.39 is 0 Å². The van der Waals surface area contributed by atoms with Crippen molar-refractivity contribution < 1.29 is 33.1 Å². The van der Waals surface area contributed by atoms with E-state index in [1.165, 1.54) is 0 Å². The van der Waals surface area contributed by atoms with Crippen LogP contribution in [-0.2, 0) is 33.1 Å². The van der Waals surface area contributed by atoms with Crippen LogP contribution in [0.4, 0.5) is 0 Å². The molecule has 0 aliphatic carbocycles. The van der Waals surface area contributed by atoms with Crippen LogP contribution in [0.2, 0.25) is 0 Å². The Labute approximate surface area is 53.2 Å². The van der Waals surface area contributed by atoms with Gasteiger partial charge in [-0.2, -0.15) is 0 Å². The Morgan fingerprint density at radius 3 is 1.40 bits per heavy atom. The zero-order chi connectivity index (χ0) is 4.71. The summed E-state index contributed by atoms with van der Waals surface area (Å²) in [5.41, 5.74) is 0. The van der Waals surface area contributed by atoms with E-state index in [0.29, 0.717) is 0 Å². The summed E-state index contributed by atoms with van der Waals surface area (Å²) in [6.45, 7) is 4.00. The van der Waals surface area contributed by atoms with E-state index in [9.17, 15) is 0 Å². The van der Waals surface area contributed by atoms with Crippen LogP contribution in [0.5, 0.6) is 0 Å². The average molecular weight is 148 g/mol. The summed E-state index contributed by atoms with van der Waals surface area (Å²) in [6.07, 6.45) is 2.00. The van der Waals surface area contributed by atoms with Gasteiger partial charge >= 0.3 is 33.1 Å². The van der Waals surface area contributed by atoms with Crippen LogP contribution in [-0.4, -0.2) is 0 Å². The fraction of sp³-hybridized carbons (Fsp3) is 0.667. The normalized spacial score (nSPS) is 4.80. The standard InChI is InChI=1S/C3H7.O.Y/c1-3-2;;/h3H,1-2H3;;. The van der Waals surface area contributed by atoms with E-state index in [1.807, 2.05) is 20.3 Å². The van der Waals surface area contributed by atoms with Crippen LogP contribution >= 0.6 is 0 Å². The second kappa shape index (κ2) is 20.6. The second-order valence-corrected chi connectivity index (χ2v) is 0.577. The molecule has 0 unspecified atom stereocenters. The first kappa shape index (κ1) is 9.32. The van der Waals surface area contributed by atoms with Gasteiger partial charge in [-0.15, -0.1) is 0 Å². The van der Waals surface area contributed by atoms with Crippen molar-refractivity contribution in [3.05, 3.63) is 6.42 Å². The van der Waals surface area contributed by atoms with Gasteiger partial charge in [-0.1, -0.05) is 13.8 Å². The molecule has 5 heavy (non-hydrogen) atoms. The maximum absolute atomic E-state index is 8.38. The Balaban J connectivity index is 0. The van der Waals surface area contributed by atoms with Crippen molar-refractivity contribution in [1.82, 2.24) is 0 Å². The molecule has 0 amide bonds. The average Bonchev–Trinajstić information content (AvgIpc) is 1.46. The summed E-state index contributed by atoms with van der Waals surface area (Å²) in [5, 5.41) is 0. The SMILES string of the molecule is C[CH]C.[O]=[Y]. The molecule has 0 spiro atoms. The third-order valence-electron chi connectivity index (χ3n) is 0. The predicted octanol–water partition coefficient (Wildman–Crippen LogP) is 1.11. The summed E-state index contributed by atoms with van der Waals surface area (Å²) in [6, 6.07) is 0. The third-order valence-corrected chi connectivity index (χ3v) is 0. The van der Waals surface area contributed by atoms with Crippen molar-refractivity contribution in [3.63, 3.8) is 0 Å². The van der Waals surface area contributed by atoms with E-state index in [1.54, 1.807) is 0 Å². The topological polar surface area (TPSA) is 17.1 Å². The molecule has 0 aliphatic rings. The number of hydrogen-bond donors (Lipinski definition) is 0. The van der Waals surface area contributed by atoms with Crippen molar-refractivity contribution in [1.29, 1.82) is 0 Å². The monoisotopic (exact) mass is 148 g/mol. The molecule has 2 heteroatoms. The first-order chi connectivity index (χ1) is 2.41. The first-order valence-corrected chi connectivity index (χ1v) is 2.55. The van der Waals surface area contributed by atoms with E-state index in [-0.39, 0.29) is 31.0 Å². The molecule has 0 saturated carbocycles. The van der Waals surface area contributed by atoms with Crippen LogP contribution in [0.1, 0.15) is 13.8 Å². The molecule has 0 rings (SSSR count). The fourth-order valence-electron chi connectivity index (χ4n) is 0. The number of rotatable bonds is 0. The second-order valence-electron chi connectivity index (χ2n) is 0.577. The van der Waals surface area contributed by atoms with Crippen LogP contribution in [0.25, 0.3) is 0 Å². The van der Waals surface area contributed by atoms with Crippen LogP contribution in [0.15, 0.2) is 0 Å². The van der Waals surface area contributed by atoms with Crippen LogP contribution in [0, 0.1) is 6.42 Å². The molecular formula is C3H7OY. The Hall–Kier alpha value is 0.904. The molecular weight excluding hydrogens is 141 g/mol. The Morgan fingerprint density at radius 1 is 1.40 bits per heavy atom. The zero-order valence-corrected chi connectivity index (χ0v) is 6.40. The molecule has 0 N–H and O–H groups in total. The molecule has 28 valence electrons. The molecule has 0 bridgehead atoms. The van der Waals surface area contributed by atoms with Crippen molar-refractivity contribution >= 4 is 0 Å². The Morgan fingerprint density at radius 2 is 1.40 bits per heavy atom. The van der Waals surface area contributed by atoms with E-state index in [2.05, 4.69) is 0 Å². The molecule has 0 aromatic rings. The van der Waals surface area contributed by atoms with Gasteiger partial charge in [0.05, 0.1) is 0 Å². The van der Waals surface area contributed by atoms with E-state index in [4.69, 9.17) is 2.04 Å². The molecule has 0 aliphatic heterocycles. The molecule has 0 aromatic carbocycles. The van der Waals surface area contributed by atoms with Gasteiger partial charge in [-0.25, -0.2) is 0 Å². The summed E-state index contributed by atoms with van der Waals surface area (Å²) >= 11 is 0.100. The zero-order valence-electron chi connectivity index (χ0n) is 3.56. The van der Waals surface area contributed by atoms with Crippen molar-refractivity contribution in [2.45, 2.75) is 13.8 Å². The van der Waals surface area contributed by atoms with Crippen LogP contribution in [0.3, 0.4) is 0 Å². The van der Waals surface area contributed by atoms with Gasteiger partial charge in [-0.3, -0.25) is 0 Å². The van der Waals surface area contributed by atoms with Gasteiger partial charge in [0.15, 0.2) is 0 Å². The summed E-state index contributed by atoms with van der Waals surface area (Å²) in [7, 11) is 0. The van der Waals surface area contributed by atoms with E-state index >= 15 is 0 Å². The maximum atomic E-state index is 8.38. The van der Waals surface area contributed by atoms with Gasteiger partial charge in [0.1, 0.15) is 0 Å². The summed E-state index contributed by atoms with van der Waals surface area (Å²) in [5.74, 6) is 0. The van der Waals surface area contributed by atoms with E-state index in [0.717, 1.165) is 0 Å². The summed E-state index contributed by atoms with van der Waals surface area (Å²) < 4.78 is 8.38. The predicted molar refractivity (Wildman–Crippen MR) is 16.3 cm³/mol. The molecule has 0 heterocycles. The minimum absolute atomic E-state index is 0.100.